The molecule has 0 radical (unpaired) electrons. The van der Waals surface area contributed by atoms with E-state index in [0.717, 1.165) is 6.07 Å². The number of nitrogens with zero attached hydrogens (tertiary/aromatic N) is 3. The zero-order chi connectivity index (χ0) is 26.1. The second kappa shape index (κ2) is 10.3. The van der Waals surface area contributed by atoms with E-state index in [-0.39, 0.29) is 52.7 Å². The fourth-order valence-corrected chi connectivity index (χ4v) is 4.33. The van der Waals surface area contributed by atoms with Crippen LogP contribution in [0.3, 0.4) is 0 Å². The van der Waals surface area contributed by atoms with Gasteiger partial charge in [0.25, 0.3) is 17.4 Å². The molecule has 188 valence electrons. The first-order chi connectivity index (χ1) is 17.1. The van der Waals surface area contributed by atoms with Gasteiger partial charge in [0, 0.05) is 30.8 Å². The van der Waals surface area contributed by atoms with E-state index in [1.54, 1.807) is 17.0 Å². The van der Waals surface area contributed by atoms with Crippen molar-refractivity contribution < 1.29 is 14.0 Å². The van der Waals surface area contributed by atoms with Crippen molar-refractivity contribution in [3.63, 3.8) is 0 Å². The van der Waals surface area contributed by atoms with Crippen LogP contribution < -0.4 is 16.2 Å². The predicted octanol–water partition coefficient (Wildman–Crippen LogP) is 4.06. The summed E-state index contributed by atoms with van der Waals surface area (Å²) in [4.78, 5) is 44.8. The number of carbonyl (C=O) groups excluding carboxylic acids is 2. The van der Waals surface area contributed by atoms with Gasteiger partial charge in [-0.3, -0.25) is 14.4 Å². The normalized spacial score (nSPS) is 12.9. The second-order valence-electron chi connectivity index (χ2n) is 8.65. The van der Waals surface area contributed by atoms with Crippen molar-refractivity contribution in [1.82, 2.24) is 19.8 Å². The van der Waals surface area contributed by atoms with Crippen LogP contribution in [0, 0.1) is 5.82 Å². The summed E-state index contributed by atoms with van der Waals surface area (Å²) in [7, 11) is 1.41. The van der Waals surface area contributed by atoms with Crippen molar-refractivity contribution in [1.29, 1.82) is 0 Å². The number of halogens is 3. The highest BCUT2D eigenvalue weighted by molar-refractivity contribution is 6.42. The monoisotopic (exact) mass is 531 g/mol. The third-order valence-electron chi connectivity index (χ3n) is 5.79. The molecule has 2 heterocycles. The van der Waals surface area contributed by atoms with Crippen LogP contribution >= 0.6 is 23.2 Å². The van der Waals surface area contributed by atoms with Crippen molar-refractivity contribution in [2.24, 2.45) is 0 Å². The SMILES string of the molecule is CNC(=O)c1ccc(-n2c(NC(C)C)nc3c(c2=O)CCN(C(=O)c2ccc(Cl)c(Cl)c2)C3)cc1F. The first-order valence-electron chi connectivity index (χ1n) is 11.3. The standard InChI is InChI=1S/C25H24Cl2FN5O3/c1-13(2)30-25-31-21-12-32(23(35)14-4-7-18(26)19(27)10-14)9-8-17(21)24(36)33(25)15-5-6-16(20(28)11-15)22(34)29-3/h4-7,10-11,13H,8-9,12H2,1-3H3,(H,29,34)(H,30,31). The van der Waals surface area contributed by atoms with Gasteiger partial charge in [0.1, 0.15) is 5.82 Å². The molecule has 3 aromatic rings. The van der Waals surface area contributed by atoms with Gasteiger partial charge in [-0.25, -0.2) is 13.9 Å². The molecule has 0 saturated heterocycles. The maximum atomic E-state index is 14.7. The molecular weight excluding hydrogens is 508 g/mol. The maximum absolute atomic E-state index is 14.7. The summed E-state index contributed by atoms with van der Waals surface area (Å²) in [6.07, 6.45) is 0.273. The zero-order valence-corrected chi connectivity index (χ0v) is 21.4. The largest absolute Gasteiger partial charge is 0.355 e. The van der Waals surface area contributed by atoms with E-state index in [9.17, 15) is 18.8 Å². The summed E-state index contributed by atoms with van der Waals surface area (Å²) in [5.41, 5.74) is 1.03. The lowest BCUT2D eigenvalue weighted by Crippen LogP contribution is -2.41. The Morgan fingerprint density at radius 2 is 1.86 bits per heavy atom. The molecule has 0 saturated carbocycles. The minimum Gasteiger partial charge on any atom is -0.355 e. The topological polar surface area (TPSA) is 96.3 Å². The number of nitrogens with one attached hydrogen (secondary N) is 2. The van der Waals surface area contributed by atoms with E-state index in [1.807, 2.05) is 13.8 Å². The quantitative estimate of drug-likeness (QED) is 0.517. The molecule has 11 heteroatoms. The molecule has 1 aliphatic heterocycles. The van der Waals surface area contributed by atoms with Crippen LogP contribution in [-0.4, -0.2) is 45.9 Å². The van der Waals surface area contributed by atoms with Gasteiger partial charge in [0.05, 0.1) is 33.5 Å². The minimum absolute atomic E-state index is 0.0891. The van der Waals surface area contributed by atoms with Crippen LogP contribution in [-0.2, 0) is 13.0 Å². The molecule has 2 aromatic carbocycles. The van der Waals surface area contributed by atoms with Crippen LogP contribution in [0.15, 0.2) is 41.2 Å². The van der Waals surface area contributed by atoms with E-state index in [0.29, 0.717) is 28.4 Å². The lowest BCUT2D eigenvalue weighted by atomic mass is 10.0. The zero-order valence-electron chi connectivity index (χ0n) is 19.9. The van der Waals surface area contributed by atoms with Gasteiger partial charge in [-0.2, -0.15) is 0 Å². The molecular formula is C25H24Cl2FN5O3. The van der Waals surface area contributed by atoms with Crippen LogP contribution in [0.5, 0.6) is 0 Å². The summed E-state index contributed by atoms with van der Waals surface area (Å²) < 4.78 is 16.0. The van der Waals surface area contributed by atoms with Gasteiger partial charge in [0.15, 0.2) is 0 Å². The van der Waals surface area contributed by atoms with Gasteiger partial charge in [-0.05, 0) is 56.7 Å². The van der Waals surface area contributed by atoms with Gasteiger partial charge in [-0.1, -0.05) is 23.2 Å². The Morgan fingerprint density at radius 1 is 1.11 bits per heavy atom. The Bertz CT molecular complexity index is 1420. The average Bonchev–Trinajstić information content (AvgIpc) is 2.84. The van der Waals surface area contributed by atoms with E-state index < -0.39 is 11.7 Å². The Morgan fingerprint density at radius 3 is 2.50 bits per heavy atom. The number of rotatable bonds is 5. The highest BCUT2D eigenvalue weighted by Gasteiger charge is 2.28. The Hall–Kier alpha value is -3.43. The number of fused-ring (bicyclic) bond motifs is 1. The summed E-state index contributed by atoms with van der Waals surface area (Å²) in [5, 5.41) is 6.15. The predicted molar refractivity (Wildman–Crippen MR) is 137 cm³/mol. The molecule has 2 amide bonds. The van der Waals surface area contributed by atoms with E-state index >= 15 is 0 Å². The van der Waals surface area contributed by atoms with E-state index in [1.165, 1.54) is 29.8 Å². The second-order valence-corrected chi connectivity index (χ2v) is 9.46. The smallest absolute Gasteiger partial charge is 0.263 e. The van der Waals surface area contributed by atoms with Gasteiger partial charge < -0.3 is 15.5 Å². The number of aromatic nitrogens is 2. The molecule has 0 bridgehead atoms. The molecule has 36 heavy (non-hydrogen) atoms. The van der Waals surface area contributed by atoms with Crippen LogP contribution in [0.25, 0.3) is 5.69 Å². The number of hydrogen-bond donors (Lipinski definition) is 2. The molecule has 0 aliphatic carbocycles. The van der Waals surface area contributed by atoms with Crippen molar-refractivity contribution in [2.45, 2.75) is 32.9 Å². The van der Waals surface area contributed by atoms with Gasteiger partial charge in [0.2, 0.25) is 5.95 Å². The molecule has 0 spiro atoms. The molecule has 0 atom stereocenters. The number of carbonyl (C=O) groups is 2. The van der Waals surface area contributed by atoms with Crippen LogP contribution in [0.1, 0.15) is 45.8 Å². The molecule has 4 rings (SSSR count). The molecule has 0 fully saturated rings. The van der Waals surface area contributed by atoms with Crippen LogP contribution in [0.2, 0.25) is 10.0 Å². The number of anilines is 1. The highest BCUT2D eigenvalue weighted by Crippen LogP contribution is 2.26. The van der Waals surface area contributed by atoms with Gasteiger partial charge in [-0.15, -0.1) is 0 Å². The van der Waals surface area contributed by atoms with Crippen molar-refractivity contribution in [3.8, 4) is 5.69 Å². The summed E-state index contributed by atoms with van der Waals surface area (Å²) in [5.74, 6) is -1.37. The third-order valence-corrected chi connectivity index (χ3v) is 6.53. The summed E-state index contributed by atoms with van der Waals surface area (Å²) in [6.45, 7) is 4.18. The Kier molecular flexibility index (Phi) is 7.33. The van der Waals surface area contributed by atoms with E-state index in [4.69, 9.17) is 23.2 Å². The van der Waals surface area contributed by atoms with Crippen molar-refractivity contribution in [2.75, 3.05) is 18.9 Å². The number of benzene rings is 2. The molecule has 8 nitrogen and oxygen atoms in total. The lowest BCUT2D eigenvalue weighted by molar-refractivity contribution is 0.0731. The molecule has 0 unspecified atom stereocenters. The van der Waals surface area contributed by atoms with E-state index in [2.05, 4.69) is 15.6 Å². The highest BCUT2D eigenvalue weighted by atomic mass is 35.5. The minimum atomic E-state index is -0.759. The van der Waals surface area contributed by atoms with Crippen molar-refractivity contribution >= 4 is 41.0 Å². The Labute approximate surface area is 217 Å². The molecule has 1 aliphatic rings. The van der Waals surface area contributed by atoms with Crippen molar-refractivity contribution in [3.05, 3.63) is 85.0 Å². The third kappa shape index (κ3) is 4.94. The fraction of sp³-hybridized carbons (Fsp3) is 0.280. The number of amides is 2. The summed E-state index contributed by atoms with van der Waals surface area (Å²) in [6, 6.07) is 8.54. The summed E-state index contributed by atoms with van der Waals surface area (Å²) >= 11 is 12.0. The Balaban J connectivity index is 1.74. The average molecular weight is 532 g/mol. The van der Waals surface area contributed by atoms with Gasteiger partial charge >= 0.3 is 0 Å². The van der Waals surface area contributed by atoms with Crippen LogP contribution in [0.4, 0.5) is 10.3 Å². The molecule has 2 N–H and O–H groups in total. The molecule has 1 aromatic heterocycles. The first kappa shape index (κ1) is 25.7. The lowest BCUT2D eigenvalue weighted by Gasteiger charge is -2.29. The first-order valence-corrected chi connectivity index (χ1v) is 12.0. The maximum Gasteiger partial charge on any atom is 0.263 e. The number of hydrogen-bond acceptors (Lipinski definition) is 5. The fourth-order valence-electron chi connectivity index (χ4n) is 4.03.